The molecule has 1 atom stereocenters. The number of esters is 1. The van der Waals surface area contributed by atoms with E-state index in [0.717, 1.165) is 10.6 Å². The van der Waals surface area contributed by atoms with Crippen LogP contribution in [0.15, 0.2) is 42.5 Å². The van der Waals surface area contributed by atoms with Crippen LogP contribution in [0.3, 0.4) is 0 Å². The quantitative estimate of drug-likeness (QED) is 0.666. The van der Waals surface area contributed by atoms with Crippen LogP contribution in [0.2, 0.25) is 5.02 Å². The third-order valence-corrected chi connectivity index (χ3v) is 5.71. The number of nitrogens with zero attached hydrogens (tertiary/aromatic N) is 1. The van der Waals surface area contributed by atoms with Crippen LogP contribution < -0.4 is 9.62 Å². The van der Waals surface area contributed by atoms with Crippen LogP contribution in [0, 0.1) is 6.92 Å². The molecule has 0 aromatic heterocycles. The number of halogens is 1. The summed E-state index contributed by atoms with van der Waals surface area (Å²) >= 11 is 5.98. The van der Waals surface area contributed by atoms with E-state index in [9.17, 15) is 18.0 Å². The number of hydrogen-bond donors (Lipinski definition) is 1. The van der Waals surface area contributed by atoms with E-state index < -0.39 is 27.9 Å². The van der Waals surface area contributed by atoms with Crippen LogP contribution in [-0.2, 0) is 19.6 Å². The number of benzene rings is 2. The zero-order valence-corrected chi connectivity index (χ0v) is 18.2. The third kappa shape index (κ3) is 5.48. The van der Waals surface area contributed by atoms with Gasteiger partial charge in [-0.2, -0.15) is 0 Å². The Balaban J connectivity index is 2.34. The van der Waals surface area contributed by atoms with E-state index in [2.05, 4.69) is 5.32 Å². The van der Waals surface area contributed by atoms with Gasteiger partial charge in [0, 0.05) is 10.7 Å². The van der Waals surface area contributed by atoms with E-state index >= 15 is 0 Å². The summed E-state index contributed by atoms with van der Waals surface area (Å²) in [5.74, 6) is -1.05. The Hall–Kier alpha value is -2.58. The number of carbonyl (C=O) groups is 2. The van der Waals surface area contributed by atoms with Gasteiger partial charge in [0.1, 0.15) is 6.04 Å². The molecule has 0 heterocycles. The summed E-state index contributed by atoms with van der Waals surface area (Å²) in [7, 11) is -3.77. The van der Waals surface area contributed by atoms with Gasteiger partial charge in [0.15, 0.2) is 0 Å². The average molecular weight is 439 g/mol. The molecular weight excluding hydrogens is 416 g/mol. The first kappa shape index (κ1) is 22.7. The van der Waals surface area contributed by atoms with Gasteiger partial charge >= 0.3 is 5.97 Å². The maximum atomic E-state index is 12.9. The molecule has 0 aliphatic heterocycles. The molecule has 2 aromatic carbocycles. The topological polar surface area (TPSA) is 92.8 Å². The van der Waals surface area contributed by atoms with Gasteiger partial charge in [-0.05, 0) is 56.7 Å². The average Bonchev–Trinajstić information content (AvgIpc) is 2.62. The molecule has 1 N–H and O–H groups in total. The van der Waals surface area contributed by atoms with Crippen molar-refractivity contribution in [1.82, 2.24) is 0 Å². The molecule has 0 aliphatic carbocycles. The Morgan fingerprint density at radius 1 is 1.21 bits per heavy atom. The molecule has 7 nitrogen and oxygen atoms in total. The van der Waals surface area contributed by atoms with Gasteiger partial charge in [0.05, 0.1) is 24.1 Å². The third-order valence-electron chi connectivity index (χ3n) is 4.24. The normalized spacial score (nSPS) is 12.2. The van der Waals surface area contributed by atoms with E-state index in [1.54, 1.807) is 50.2 Å². The first-order valence-electron chi connectivity index (χ1n) is 8.88. The maximum Gasteiger partial charge on any atom is 0.338 e. The summed E-state index contributed by atoms with van der Waals surface area (Å²) in [6.45, 7) is 5.09. The number of sulfonamides is 1. The molecule has 9 heteroatoms. The second-order valence-corrected chi connectivity index (χ2v) is 8.70. The first-order valence-corrected chi connectivity index (χ1v) is 11.1. The minimum absolute atomic E-state index is 0.231. The summed E-state index contributed by atoms with van der Waals surface area (Å²) in [6.07, 6.45) is 1.02. The summed E-state index contributed by atoms with van der Waals surface area (Å²) in [5, 5.41) is 3.05. The molecule has 0 saturated heterocycles. The van der Waals surface area contributed by atoms with E-state index in [4.69, 9.17) is 16.3 Å². The lowest BCUT2D eigenvalue weighted by molar-refractivity contribution is -0.116. The minimum Gasteiger partial charge on any atom is -0.462 e. The molecule has 0 spiro atoms. The second-order valence-electron chi connectivity index (χ2n) is 6.40. The van der Waals surface area contributed by atoms with Crippen molar-refractivity contribution in [2.24, 2.45) is 0 Å². The lowest BCUT2D eigenvalue weighted by Crippen LogP contribution is -2.45. The van der Waals surface area contributed by atoms with E-state index in [1.807, 2.05) is 0 Å². The first-order chi connectivity index (χ1) is 13.6. The number of nitrogens with one attached hydrogen (secondary N) is 1. The van der Waals surface area contributed by atoms with Gasteiger partial charge in [-0.15, -0.1) is 0 Å². The van der Waals surface area contributed by atoms with Gasteiger partial charge < -0.3 is 10.1 Å². The summed E-state index contributed by atoms with van der Waals surface area (Å²) in [5.41, 5.74) is 1.53. The SMILES string of the molecule is CCOC(=O)c1cccc(NC(=O)C(C)N(c2cccc(Cl)c2)S(C)(=O)=O)c1C. The van der Waals surface area contributed by atoms with Crippen molar-refractivity contribution in [1.29, 1.82) is 0 Å². The largest absolute Gasteiger partial charge is 0.462 e. The maximum absolute atomic E-state index is 12.9. The molecule has 156 valence electrons. The molecule has 2 rings (SSSR count). The molecule has 0 saturated carbocycles. The monoisotopic (exact) mass is 438 g/mol. The van der Waals surface area contributed by atoms with Crippen LogP contribution in [-0.4, -0.2) is 39.2 Å². The zero-order chi connectivity index (χ0) is 21.8. The number of carbonyl (C=O) groups excluding carboxylic acids is 2. The smallest absolute Gasteiger partial charge is 0.338 e. The molecule has 2 aromatic rings. The number of rotatable bonds is 7. The van der Waals surface area contributed by atoms with Crippen molar-refractivity contribution in [3.63, 3.8) is 0 Å². The van der Waals surface area contributed by atoms with E-state index in [1.165, 1.54) is 13.0 Å². The highest BCUT2D eigenvalue weighted by Crippen LogP contribution is 2.26. The summed E-state index contributed by atoms with van der Waals surface area (Å²) in [6, 6.07) is 10.0. The Morgan fingerprint density at radius 3 is 2.45 bits per heavy atom. The molecule has 0 aliphatic rings. The van der Waals surface area contributed by atoms with Crippen molar-refractivity contribution in [2.75, 3.05) is 22.5 Å². The summed E-state index contributed by atoms with van der Waals surface area (Å²) in [4.78, 5) is 24.9. The van der Waals surface area contributed by atoms with Gasteiger partial charge in [-0.3, -0.25) is 9.10 Å². The molecular formula is C20H23ClN2O5S. The van der Waals surface area contributed by atoms with E-state index in [0.29, 0.717) is 21.8 Å². The van der Waals surface area contributed by atoms with Crippen LogP contribution in [0.4, 0.5) is 11.4 Å². The van der Waals surface area contributed by atoms with Crippen LogP contribution in [0.1, 0.15) is 29.8 Å². The number of amides is 1. The van der Waals surface area contributed by atoms with Crippen molar-refractivity contribution >= 4 is 44.9 Å². The number of anilines is 2. The van der Waals surface area contributed by atoms with Crippen molar-refractivity contribution in [3.8, 4) is 0 Å². The number of hydrogen-bond acceptors (Lipinski definition) is 5. The summed E-state index contributed by atoms with van der Waals surface area (Å²) < 4.78 is 30.7. The highest BCUT2D eigenvalue weighted by atomic mass is 35.5. The van der Waals surface area contributed by atoms with Crippen LogP contribution in [0.25, 0.3) is 0 Å². The van der Waals surface area contributed by atoms with Crippen molar-refractivity contribution in [2.45, 2.75) is 26.8 Å². The van der Waals surface area contributed by atoms with Crippen LogP contribution >= 0.6 is 11.6 Å². The predicted octanol–water partition coefficient (Wildman–Crippen LogP) is 3.62. The molecule has 0 radical (unpaired) electrons. The lowest BCUT2D eigenvalue weighted by Gasteiger charge is -2.28. The Kier molecular flexibility index (Phi) is 7.26. The lowest BCUT2D eigenvalue weighted by atomic mass is 10.1. The fourth-order valence-corrected chi connectivity index (χ4v) is 4.21. The highest BCUT2D eigenvalue weighted by molar-refractivity contribution is 7.92. The van der Waals surface area contributed by atoms with Crippen molar-refractivity contribution in [3.05, 3.63) is 58.6 Å². The Labute approximate surface area is 175 Å². The fraction of sp³-hybridized carbons (Fsp3) is 0.300. The molecule has 1 unspecified atom stereocenters. The Morgan fingerprint density at radius 2 is 1.86 bits per heavy atom. The highest BCUT2D eigenvalue weighted by Gasteiger charge is 2.29. The van der Waals surface area contributed by atoms with E-state index in [-0.39, 0.29) is 12.3 Å². The van der Waals surface area contributed by atoms with Crippen LogP contribution in [0.5, 0.6) is 0 Å². The molecule has 0 fully saturated rings. The van der Waals surface area contributed by atoms with Gasteiger partial charge in [-0.1, -0.05) is 23.7 Å². The zero-order valence-electron chi connectivity index (χ0n) is 16.6. The molecule has 29 heavy (non-hydrogen) atoms. The van der Waals surface area contributed by atoms with Gasteiger partial charge in [0.2, 0.25) is 15.9 Å². The predicted molar refractivity (Wildman–Crippen MR) is 114 cm³/mol. The number of ether oxygens (including phenoxy) is 1. The standard InChI is InChI=1S/C20H23ClN2O5S/c1-5-28-20(25)17-10-7-11-18(13(17)2)22-19(24)14(3)23(29(4,26)27)16-9-6-8-15(21)12-16/h6-12,14H,5H2,1-4H3,(H,22,24). The van der Waals surface area contributed by atoms with Gasteiger partial charge in [-0.25, -0.2) is 13.2 Å². The second kappa shape index (κ2) is 9.28. The fourth-order valence-electron chi connectivity index (χ4n) is 2.86. The molecule has 0 bridgehead atoms. The molecule has 1 amide bonds. The minimum atomic E-state index is -3.77. The Bertz CT molecular complexity index is 1020. The van der Waals surface area contributed by atoms with Gasteiger partial charge in [0.25, 0.3) is 0 Å². The van der Waals surface area contributed by atoms with Crippen molar-refractivity contribution < 1.29 is 22.7 Å².